The number of Topliss-reactive ketones (excluding diaryl/α,β-unsaturated/α-hetero) is 1. The number of rotatable bonds is 3. The van der Waals surface area contributed by atoms with Gasteiger partial charge in [0.2, 0.25) is 0 Å². The van der Waals surface area contributed by atoms with Gasteiger partial charge in [-0.15, -0.1) is 0 Å². The monoisotopic (exact) mass is 396 g/mol. The molecule has 0 heterocycles. The molecule has 0 aromatic heterocycles. The fourth-order valence-electron chi connectivity index (χ4n) is 1.64. The Morgan fingerprint density at radius 1 is 1.05 bits per heavy atom. The van der Waals surface area contributed by atoms with Crippen molar-refractivity contribution in [2.24, 2.45) is 0 Å². The molecular weight excluding hydrogens is 383 g/mol. The lowest BCUT2D eigenvalue weighted by molar-refractivity contribution is 0.101. The minimum absolute atomic E-state index is 0.0326. The largest absolute Gasteiger partial charge is 0.332 e. The normalized spacial score (nSPS) is 9.90. The highest BCUT2D eigenvalue weighted by atomic mass is 127. The summed E-state index contributed by atoms with van der Waals surface area (Å²) in [6.07, 6.45) is 0. The Bertz CT molecular complexity index is 641. The molecule has 0 aliphatic carbocycles. The minimum Gasteiger partial charge on any atom is -0.332 e. The predicted octanol–water partition coefficient (Wildman–Crippen LogP) is 4.30. The third-order valence-corrected chi connectivity index (χ3v) is 3.55. The summed E-state index contributed by atoms with van der Waals surface area (Å²) in [5.74, 6) is 0.0326. The number of hydrogen-bond acceptors (Lipinski definition) is 2. The number of carbonyl (C=O) groups is 1. The van der Waals surface area contributed by atoms with E-state index in [0.29, 0.717) is 10.7 Å². The van der Waals surface area contributed by atoms with Crippen molar-refractivity contribution < 1.29 is 4.79 Å². The summed E-state index contributed by atoms with van der Waals surface area (Å²) < 4.78 is 1.17. The van der Waals surface area contributed by atoms with E-state index in [2.05, 4.69) is 33.2 Å². The first-order chi connectivity index (χ1) is 9.54. The van der Waals surface area contributed by atoms with Gasteiger partial charge in [0.1, 0.15) is 0 Å². The Morgan fingerprint density at radius 2 is 1.70 bits per heavy atom. The Morgan fingerprint density at radius 3 is 2.35 bits per heavy atom. The second-order valence-corrected chi connectivity index (χ2v) is 5.88. The average molecular weight is 396 g/mol. The predicted molar refractivity (Wildman–Crippen MR) is 95.4 cm³/mol. The number of halogens is 1. The Hall–Kier alpha value is -1.47. The number of carbonyl (C=O) groups excluding carboxylic acids is 1. The van der Waals surface area contributed by atoms with Gasteiger partial charge in [-0.1, -0.05) is 12.1 Å². The van der Waals surface area contributed by atoms with Crippen molar-refractivity contribution in [1.29, 1.82) is 0 Å². The molecular formula is C15H13IN2OS. The lowest BCUT2D eigenvalue weighted by Gasteiger charge is -2.11. The zero-order chi connectivity index (χ0) is 14.5. The number of thiocarbonyl (C=S) groups is 1. The molecule has 2 aromatic carbocycles. The third kappa shape index (κ3) is 4.28. The van der Waals surface area contributed by atoms with E-state index in [1.807, 2.05) is 36.4 Å². The molecule has 0 aliphatic heterocycles. The van der Waals surface area contributed by atoms with Crippen LogP contribution in [-0.2, 0) is 0 Å². The molecule has 0 amide bonds. The van der Waals surface area contributed by atoms with Crippen LogP contribution < -0.4 is 10.6 Å². The van der Waals surface area contributed by atoms with Crippen LogP contribution in [0.5, 0.6) is 0 Å². The van der Waals surface area contributed by atoms with Crippen molar-refractivity contribution in [3.63, 3.8) is 0 Å². The summed E-state index contributed by atoms with van der Waals surface area (Å²) in [7, 11) is 0. The smallest absolute Gasteiger partial charge is 0.175 e. The van der Waals surface area contributed by atoms with Crippen LogP contribution in [0.1, 0.15) is 17.3 Å². The van der Waals surface area contributed by atoms with Gasteiger partial charge >= 0.3 is 0 Å². The van der Waals surface area contributed by atoms with E-state index in [1.54, 1.807) is 19.1 Å². The molecule has 0 bridgehead atoms. The maximum absolute atomic E-state index is 11.3. The molecule has 2 N–H and O–H groups in total. The lowest BCUT2D eigenvalue weighted by Crippen LogP contribution is -2.19. The fourth-order valence-corrected chi connectivity index (χ4v) is 2.24. The molecule has 0 saturated heterocycles. The minimum atomic E-state index is 0.0326. The van der Waals surface area contributed by atoms with Crippen molar-refractivity contribution in [2.45, 2.75) is 6.92 Å². The molecule has 2 aromatic rings. The van der Waals surface area contributed by atoms with Crippen molar-refractivity contribution in [1.82, 2.24) is 0 Å². The number of nitrogens with one attached hydrogen (secondary N) is 2. The first-order valence-corrected chi connectivity index (χ1v) is 7.48. The number of benzene rings is 2. The SMILES string of the molecule is CC(=O)c1cccc(NC(=S)Nc2ccc(I)cc2)c1. The molecule has 0 fully saturated rings. The Balaban J connectivity index is 2.02. The highest BCUT2D eigenvalue weighted by Crippen LogP contribution is 2.14. The van der Waals surface area contributed by atoms with Gasteiger partial charge < -0.3 is 10.6 Å². The summed E-state index contributed by atoms with van der Waals surface area (Å²) in [5, 5.41) is 6.66. The van der Waals surface area contributed by atoms with Gasteiger partial charge in [-0.2, -0.15) is 0 Å². The first-order valence-electron chi connectivity index (χ1n) is 5.99. The third-order valence-electron chi connectivity index (χ3n) is 2.63. The van der Waals surface area contributed by atoms with Gasteiger partial charge in [-0.3, -0.25) is 4.79 Å². The first kappa shape index (κ1) is 14.9. The molecule has 0 saturated carbocycles. The van der Waals surface area contributed by atoms with Gasteiger partial charge in [0.05, 0.1) is 0 Å². The van der Waals surface area contributed by atoms with E-state index in [0.717, 1.165) is 11.4 Å². The van der Waals surface area contributed by atoms with Crippen molar-refractivity contribution in [3.8, 4) is 0 Å². The molecule has 20 heavy (non-hydrogen) atoms. The molecule has 0 aliphatic rings. The molecule has 2 rings (SSSR count). The molecule has 0 atom stereocenters. The van der Waals surface area contributed by atoms with Crippen LogP contribution in [0.3, 0.4) is 0 Å². The second kappa shape index (κ2) is 6.81. The van der Waals surface area contributed by atoms with E-state index >= 15 is 0 Å². The molecule has 102 valence electrons. The van der Waals surface area contributed by atoms with Crippen molar-refractivity contribution in [3.05, 3.63) is 57.7 Å². The zero-order valence-corrected chi connectivity index (χ0v) is 13.8. The van der Waals surface area contributed by atoms with Crippen molar-refractivity contribution in [2.75, 3.05) is 10.6 Å². The molecule has 0 unspecified atom stereocenters. The van der Waals surface area contributed by atoms with Crippen LogP contribution in [-0.4, -0.2) is 10.9 Å². The average Bonchev–Trinajstić information content (AvgIpc) is 2.41. The van der Waals surface area contributed by atoms with E-state index in [1.165, 1.54) is 3.57 Å². The molecule has 3 nitrogen and oxygen atoms in total. The summed E-state index contributed by atoms with van der Waals surface area (Å²) in [6, 6.07) is 15.2. The van der Waals surface area contributed by atoms with Gasteiger partial charge in [-0.25, -0.2) is 0 Å². The highest BCUT2D eigenvalue weighted by Gasteiger charge is 2.02. The van der Waals surface area contributed by atoms with Gasteiger partial charge in [0, 0.05) is 20.5 Å². The standard InChI is InChI=1S/C15H13IN2OS/c1-10(19)11-3-2-4-14(9-11)18-15(20)17-13-7-5-12(16)6-8-13/h2-9H,1H3,(H2,17,18,20). The topological polar surface area (TPSA) is 41.1 Å². The van der Waals surface area contributed by atoms with E-state index in [9.17, 15) is 4.79 Å². The summed E-state index contributed by atoms with van der Waals surface area (Å²) >= 11 is 7.50. The van der Waals surface area contributed by atoms with Crippen LogP contribution >= 0.6 is 34.8 Å². The van der Waals surface area contributed by atoms with Crippen LogP contribution in [0, 0.1) is 3.57 Å². The maximum Gasteiger partial charge on any atom is 0.175 e. The van der Waals surface area contributed by atoms with Crippen molar-refractivity contribution >= 4 is 57.1 Å². The summed E-state index contributed by atoms with van der Waals surface area (Å²) in [4.78, 5) is 11.3. The molecule has 0 radical (unpaired) electrons. The van der Waals surface area contributed by atoms with Gasteiger partial charge in [0.15, 0.2) is 10.9 Å². The zero-order valence-electron chi connectivity index (χ0n) is 10.8. The van der Waals surface area contributed by atoms with E-state index in [4.69, 9.17) is 12.2 Å². The summed E-state index contributed by atoms with van der Waals surface area (Å²) in [6.45, 7) is 1.54. The second-order valence-electron chi connectivity index (χ2n) is 4.22. The van der Waals surface area contributed by atoms with Gasteiger partial charge in [0.25, 0.3) is 0 Å². The number of anilines is 2. The molecule has 5 heteroatoms. The maximum atomic E-state index is 11.3. The quantitative estimate of drug-likeness (QED) is 0.461. The van der Waals surface area contributed by atoms with E-state index < -0.39 is 0 Å². The van der Waals surface area contributed by atoms with Gasteiger partial charge in [-0.05, 0) is 78.1 Å². The fraction of sp³-hybridized carbons (Fsp3) is 0.0667. The number of ketones is 1. The van der Waals surface area contributed by atoms with Crippen LogP contribution in [0.4, 0.5) is 11.4 Å². The molecule has 0 spiro atoms. The Labute approximate surface area is 136 Å². The summed E-state index contributed by atoms with van der Waals surface area (Å²) in [5.41, 5.74) is 2.37. The van der Waals surface area contributed by atoms with Crippen LogP contribution in [0.25, 0.3) is 0 Å². The Kier molecular flexibility index (Phi) is 5.08. The highest BCUT2D eigenvalue weighted by molar-refractivity contribution is 14.1. The van der Waals surface area contributed by atoms with Crippen LogP contribution in [0.2, 0.25) is 0 Å². The van der Waals surface area contributed by atoms with E-state index in [-0.39, 0.29) is 5.78 Å². The van der Waals surface area contributed by atoms with Crippen LogP contribution in [0.15, 0.2) is 48.5 Å². The lowest BCUT2D eigenvalue weighted by atomic mass is 10.1. The number of hydrogen-bond donors (Lipinski definition) is 2.